The van der Waals surface area contributed by atoms with Gasteiger partial charge in [-0.05, 0) is 63.1 Å². The molecule has 0 aliphatic carbocycles. The molecule has 29 heavy (non-hydrogen) atoms. The second-order valence-electron chi connectivity index (χ2n) is 7.81. The van der Waals surface area contributed by atoms with Gasteiger partial charge in [0.1, 0.15) is 0 Å². The number of benzene rings is 1. The summed E-state index contributed by atoms with van der Waals surface area (Å²) in [7, 11) is 0. The summed E-state index contributed by atoms with van der Waals surface area (Å²) in [6, 6.07) is 7.82. The number of nitrogens with zero attached hydrogens (tertiary/aromatic N) is 1. The summed E-state index contributed by atoms with van der Waals surface area (Å²) in [5.41, 5.74) is 1.03. The van der Waals surface area contributed by atoms with Crippen LogP contribution >= 0.6 is 11.6 Å². The molecule has 1 fully saturated rings. The van der Waals surface area contributed by atoms with Crippen LogP contribution in [0.5, 0.6) is 0 Å². The molecule has 162 valence electrons. The van der Waals surface area contributed by atoms with E-state index in [0.717, 1.165) is 50.6 Å². The van der Waals surface area contributed by atoms with Crippen molar-refractivity contribution in [3.63, 3.8) is 0 Å². The number of halogens is 1. The van der Waals surface area contributed by atoms with Crippen molar-refractivity contribution < 1.29 is 19.4 Å². The molecule has 2 atom stereocenters. The number of likely N-dealkylation sites (tertiary alicyclic amines) is 1. The highest BCUT2D eigenvalue weighted by molar-refractivity contribution is 6.30. The fourth-order valence-electron chi connectivity index (χ4n) is 3.96. The van der Waals surface area contributed by atoms with E-state index in [1.54, 1.807) is 0 Å². The number of hydrogen-bond donors (Lipinski definition) is 1. The highest BCUT2D eigenvalue weighted by Crippen LogP contribution is 2.25. The Morgan fingerprint density at radius 3 is 2.86 bits per heavy atom. The maximum atomic E-state index is 12.2. The van der Waals surface area contributed by atoms with Gasteiger partial charge in [-0.2, -0.15) is 0 Å². The van der Waals surface area contributed by atoms with Gasteiger partial charge in [-0.15, -0.1) is 0 Å². The molecule has 1 saturated heterocycles. The van der Waals surface area contributed by atoms with Gasteiger partial charge in [0, 0.05) is 30.5 Å². The van der Waals surface area contributed by atoms with Crippen LogP contribution in [0, 0.1) is 0 Å². The van der Waals surface area contributed by atoms with Crippen LogP contribution < -0.4 is 0 Å². The lowest BCUT2D eigenvalue weighted by molar-refractivity contribution is -0.143. The highest BCUT2D eigenvalue weighted by Gasteiger charge is 2.30. The molecule has 0 bridgehead atoms. The molecule has 1 amide bonds. The van der Waals surface area contributed by atoms with Gasteiger partial charge in [-0.3, -0.25) is 9.59 Å². The third-order valence-electron chi connectivity index (χ3n) is 5.48. The van der Waals surface area contributed by atoms with Crippen molar-refractivity contribution >= 4 is 23.5 Å². The first-order chi connectivity index (χ1) is 14.0. The van der Waals surface area contributed by atoms with Gasteiger partial charge in [0.25, 0.3) is 0 Å². The largest absolute Gasteiger partial charge is 0.466 e. The van der Waals surface area contributed by atoms with Crippen molar-refractivity contribution in [3.05, 3.63) is 34.9 Å². The molecular weight excluding hydrogens is 390 g/mol. The fraction of sp³-hybridized carbons (Fsp3) is 0.652. The number of aliphatic hydroxyl groups excluding tert-OH is 1. The van der Waals surface area contributed by atoms with Gasteiger partial charge in [-0.25, -0.2) is 0 Å². The molecule has 0 saturated carbocycles. The maximum absolute atomic E-state index is 12.2. The molecule has 1 heterocycles. The van der Waals surface area contributed by atoms with Gasteiger partial charge in [0.15, 0.2) is 0 Å². The Bertz CT molecular complexity index is 652. The lowest BCUT2D eigenvalue weighted by Gasteiger charge is -2.26. The van der Waals surface area contributed by atoms with E-state index < -0.39 is 6.10 Å². The van der Waals surface area contributed by atoms with Crippen molar-refractivity contribution in [2.45, 2.75) is 83.3 Å². The quantitative estimate of drug-likeness (QED) is 0.374. The number of ether oxygens (including phenoxy) is 1. The lowest BCUT2D eigenvalue weighted by Crippen LogP contribution is -2.34. The van der Waals surface area contributed by atoms with Crippen molar-refractivity contribution in [1.29, 1.82) is 0 Å². The molecule has 1 aliphatic heterocycles. The van der Waals surface area contributed by atoms with Crippen molar-refractivity contribution in [1.82, 2.24) is 4.90 Å². The number of carbonyl (C=O) groups excluding carboxylic acids is 2. The van der Waals surface area contributed by atoms with E-state index in [1.807, 2.05) is 36.1 Å². The molecule has 1 aromatic carbocycles. The molecule has 5 nitrogen and oxygen atoms in total. The minimum atomic E-state index is -0.422. The average molecular weight is 424 g/mol. The number of hydrogen-bond acceptors (Lipinski definition) is 4. The Kier molecular flexibility index (Phi) is 10.5. The van der Waals surface area contributed by atoms with Gasteiger partial charge < -0.3 is 14.7 Å². The van der Waals surface area contributed by atoms with Crippen LogP contribution in [0.1, 0.15) is 70.3 Å². The standard InChI is InChI=1S/C23H34ClNO4/c1-2-29-23(28)10-5-3-4-6-15-25-20(12-14-22(25)27)11-13-21(26)17-18-8-7-9-19(24)16-18/h7-9,16,20-21,26H,2-6,10-15,17H2,1H3. The molecule has 2 unspecified atom stereocenters. The molecule has 0 radical (unpaired) electrons. The second-order valence-corrected chi connectivity index (χ2v) is 8.25. The summed E-state index contributed by atoms with van der Waals surface area (Å²) in [5, 5.41) is 11.1. The van der Waals surface area contributed by atoms with Crippen LogP contribution in [-0.2, 0) is 20.7 Å². The van der Waals surface area contributed by atoms with Crippen molar-refractivity contribution in [2.75, 3.05) is 13.2 Å². The van der Waals surface area contributed by atoms with Gasteiger partial charge in [0.05, 0.1) is 12.7 Å². The summed E-state index contributed by atoms with van der Waals surface area (Å²) >= 11 is 6.01. The minimum absolute atomic E-state index is 0.126. The number of amides is 1. The van der Waals surface area contributed by atoms with E-state index in [-0.39, 0.29) is 17.9 Å². The highest BCUT2D eigenvalue weighted by atomic mass is 35.5. The maximum Gasteiger partial charge on any atom is 0.305 e. The van der Waals surface area contributed by atoms with Crippen LogP contribution in [-0.4, -0.2) is 47.2 Å². The molecule has 1 aliphatic rings. The summed E-state index contributed by atoms with van der Waals surface area (Å²) in [5.74, 6) is 0.101. The Hall–Kier alpha value is -1.59. The zero-order valence-electron chi connectivity index (χ0n) is 17.4. The van der Waals surface area contributed by atoms with Crippen LogP contribution in [0.3, 0.4) is 0 Å². The van der Waals surface area contributed by atoms with Crippen LogP contribution in [0.15, 0.2) is 24.3 Å². The van der Waals surface area contributed by atoms with E-state index in [2.05, 4.69) is 0 Å². The normalized spacial score (nSPS) is 17.6. The van der Waals surface area contributed by atoms with E-state index in [0.29, 0.717) is 37.3 Å². The lowest BCUT2D eigenvalue weighted by atomic mass is 10.0. The Balaban J connectivity index is 1.65. The molecule has 1 N–H and O–H groups in total. The molecule has 1 aromatic rings. The molecule has 0 spiro atoms. The van der Waals surface area contributed by atoms with Gasteiger partial charge >= 0.3 is 5.97 Å². The predicted molar refractivity (Wildman–Crippen MR) is 115 cm³/mol. The molecule has 0 aromatic heterocycles. The van der Waals surface area contributed by atoms with E-state index in [1.165, 1.54) is 0 Å². The Morgan fingerprint density at radius 1 is 1.31 bits per heavy atom. The predicted octanol–water partition coefficient (Wildman–Crippen LogP) is 4.53. The number of aliphatic hydroxyl groups is 1. The zero-order chi connectivity index (χ0) is 21.1. The number of rotatable bonds is 13. The van der Waals surface area contributed by atoms with Gasteiger partial charge in [0.2, 0.25) is 5.91 Å². The smallest absolute Gasteiger partial charge is 0.305 e. The van der Waals surface area contributed by atoms with Crippen LogP contribution in [0.2, 0.25) is 5.02 Å². The van der Waals surface area contributed by atoms with Gasteiger partial charge in [-0.1, -0.05) is 36.6 Å². The van der Waals surface area contributed by atoms with Crippen LogP contribution in [0.25, 0.3) is 0 Å². The first kappa shape index (κ1) is 23.7. The molecule has 2 rings (SSSR count). The summed E-state index contributed by atoms with van der Waals surface area (Å²) < 4.78 is 4.93. The third kappa shape index (κ3) is 8.75. The molecule has 6 heteroatoms. The monoisotopic (exact) mass is 423 g/mol. The average Bonchev–Trinajstić information content (AvgIpc) is 3.03. The first-order valence-electron chi connectivity index (χ1n) is 10.9. The second kappa shape index (κ2) is 12.9. The molecular formula is C23H34ClNO4. The number of esters is 1. The third-order valence-corrected chi connectivity index (χ3v) is 5.72. The summed E-state index contributed by atoms with van der Waals surface area (Å²) in [6.45, 7) is 3.02. The van der Waals surface area contributed by atoms with Crippen LogP contribution in [0.4, 0.5) is 0 Å². The fourth-order valence-corrected chi connectivity index (χ4v) is 4.17. The van der Waals surface area contributed by atoms with Crippen molar-refractivity contribution in [2.24, 2.45) is 0 Å². The zero-order valence-corrected chi connectivity index (χ0v) is 18.2. The first-order valence-corrected chi connectivity index (χ1v) is 11.2. The minimum Gasteiger partial charge on any atom is -0.466 e. The Labute approximate surface area is 179 Å². The summed E-state index contributed by atoms with van der Waals surface area (Å²) in [4.78, 5) is 25.6. The van der Waals surface area contributed by atoms with E-state index in [4.69, 9.17) is 16.3 Å². The van der Waals surface area contributed by atoms with Crippen molar-refractivity contribution in [3.8, 4) is 0 Å². The number of unbranched alkanes of at least 4 members (excludes halogenated alkanes) is 3. The van der Waals surface area contributed by atoms with E-state index in [9.17, 15) is 14.7 Å². The summed E-state index contributed by atoms with van der Waals surface area (Å²) in [6.07, 6.45) is 7.42. The topological polar surface area (TPSA) is 66.8 Å². The van der Waals surface area contributed by atoms with E-state index >= 15 is 0 Å². The number of carbonyl (C=O) groups is 2. The Morgan fingerprint density at radius 2 is 2.10 bits per heavy atom. The SMILES string of the molecule is CCOC(=O)CCCCCCN1C(=O)CCC1CCC(O)Cc1cccc(Cl)c1.